The second kappa shape index (κ2) is 6.91. The average molecular weight is 428 g/mol. The van der Waals surface area contributed by atoms with Gasteiger partial charge in [-0.3, -0.25) is 0 Å². The fourth-order valence-corrected chi connectivity index (χ4v) is 7.34. The highest BCUT2D eigenvalue weighted by molar-refractivity contribution is 7.99. The highest BCUT2D eigenvalue weighted by atomic mass is 32.2. The Balaban J connectivity index is 1.34. The summed E-state index contributed by atoms with van der Waals surface area (Å²) in [5, 5.41) is 2.15. The fourth-order valence-electron chi connectivity index (χ4n) is 6.24. The second-order valence-corrected chi connectivity index (χ2v) is 10.9. The minimum Gasteiger partial charge on any atom is -0.335 e. The van der Waals surface area contributed by atoms with E-state index in [1.807, 2.05) is 19.1 Å². The van der Waals surface area contributed by atoms with E-state index in [0.29, 0.717) is 23.7 Å². The molecule has 8 atom stereocenters. The first-order valence-corrected chi connectivity index (χ1v) is 12.1. The van der Waals surface area contributed by atoms with E-state index in [9.17, 15) is 0 Å². The molecule has 0 amide bonds. The predicted octanol–water partition coefficient (Wildman–Crippen LogP) is 5.53. The molecule has 2 bridgehead atoms. The van der Waals surface area contributed by atoms with Crippen molar-refractivity contribution in [2.75, 3.05) is 0 Å². The van der Waals surface area contributed by atoms with Crippen LogP contribution in [0.5, 0.6) is 0 Å². The van der Waals surface area contributed by atoms with Gasteiger partial charge in [-0.1, -0.05) is 49.9 Å². The Bertz CT molecular complexity index is 971. The number of ether oxygens (including phenoxy) is 2. The first kappa shape index (κ1) is 19.5. The zero-order valence-corrected chi connectivity index (χ0v) is 18.6. The lowest BCUT2D eigenvalue weighted by Gasteiger charge is -2.60. The third-order valence-corrected chi connectivity index (χ3v) is 9.15. The molecule has 0 radical (unpaired) electrons. The summed E-state index contributed by atoms with van der Waals surface area (Å²) in [5.74, 6) is 0.910. The van der Waals surface area contributed by atoms with Gasteiger partial charge in [0.05, 0.1) is 10.5 Å². The molecule has 4 saturated heterocycles. The molecule has 1 spiro atoms. The number of hydrogen-bond acceptors (Lipinski definition) is 6. The van der Waals surface area contributed by atoms with Crippen molar-refractivity contribution in [1.82, 2.24) is 4.98 Å². The van der Waals surface area contributed by atoms with Crippen LogP contribution in [0.3, 0.4) is 0 Å². The van der Waals surface area contributed by atoms with Crippen molar-refractivity contribution < 1.29 is 19.2 Å². The van der Waals surface area contributed by atoms with Crippen LogP contribution in [0.25, 0.3) is 10.9 Å². The third kappa shape index (κ3) is 2.81. The van der Waals surface area contributed by atoms with Crippen molar-refractivity contribution in [2.24, 2.45) is 23.7 Å². The Morgan fingerprint density at radius 2 is 1.87 bits per heavy atom. The third-order valence-electron chi connectivity index (χ3n) is 7.91. The topological polar surface area (TPSA) is 49.8 Å². The Morgan fingerprint density at radius 1 is 1.00 bits per heavy atom. The minimum atomic E-state index is -0.728. The highest BCUT2D eigenvalue weighted by Gasteiger charge is 2.69. The monoisotopic (exact) mass is 427 g/mol. The van der Waals surface area contributed by atoms with E-state index in [4.69, 9.17) is 24.2 Å². The number of benzene rings is 1. The maximum absolute atomic E-state index is 6.67. The van der Waals surface area contributed by atoms with Crippen molar-refractivity contribution in [3.8, 4) is 0 Å². The van der Waals surface area contributed by atoms with Gasteiger partial charge >= 0.3 is 0 Å². The van der Waals surface area contributed by atoms with Crippen LogP contribution >= 0.6 is 11.8 Å². The summed E-state index contributed by atoms with van der Waals surface area (Å²) < 4.78 is 13.1. The lowest BCUT2D eigenvalue weighted by atomic mass is 9.58. The SMILES string of the molecule is C[C@H]1[C@@H](Sc2ccc3ccccc3n2)O[C@@H]2O[C@@]3(C)CC[C@H]4[C@H](C)CC[C@@H]1[C@@]24OO3. The van der Waals surface area contributed by atoms with E-state index in [1.165, 1.54) is 6.42 Å². The Labute approximate surface area is 181 Å². The molecule has 1 saturated carbocycles. The molecule has 160 valence electrons. The first-order valence-electron chi connectivity index (χ1n) is 11.2. The van der Waals surface area contributed by atoms with Crippen LogP contribution < -0.4 is 0 Å². The number of para-hydroxylation sites is 1. The standard InChI is InChI=1S/C24H29NO4S/c1-14-8-10-18-15(2)21(30-20-11-9-16-6-4-5-7-19(16)25-20)26-22-24(18)17(14)12-13-23(3,27-22)28-29-24/h4-7,9,11,14-15,17-18,21-22H,8,10,12-13H2,1-3H3/t14-,15-,17+,18+,21-,22-,23-,24-/m1/s1. The molecular weight excluding hydrogens is 398 g/mol. The van der Waals surface area contributed by atoms with Crippen molar-refractivity contribution in [2.45, 2.75) is 74.6 Å². The van der Waals surface area contributed by atoms with Gasteiger partial charge in [-0.2, -0.15) is 0 Å². The van der Waals surface area contributed by atoms with E-state index in [0.717, 1.165) is 35.2 Å². The number of nitrogens with zero attached hydrogens (tertiary/aromatic N) is 1. The minimum absolute atomic E-state index is 0.0279. The fraction of sp³-hybridized carbons (Fsp3) is 0.625. The number of fused-ring (bicyclic) bond motifs is 3. The average Bonchev–Trinajstić information content (AvgIpc) is 2.98. The largest absolute Gasteiger partial charge is 0.335 e. The van der Waals surface area contributed by atoms with Gasteiger partial charge in [0, 0.05) is 17.7 Å². The molecule has 4 aliphatic heterocycles. The summed E-state index contributed by atoms with van der Waals surface area (Å²) in [4.78, 5) is 17.0. The van der Waals surface area contributed by atoms with Gasteiger partial charge in [0.25, 0.3) is 0 Å². The zero-order chi connectivity index (χ0) is 20.5. The van der Waals surface area contributed by atoms with Crippen LogP contribution in [-0.2, 0) is 19.2 Å². The number of hydrogen-bond donors (Lipinski definition) is 0. The summed E-state index contributed by atoms with van der Waals surface area (Å²) in [6.45, 7) is 6.62. The summed E-state index contributed by atoms with van der Waals surface area (Å²) in [5.41, 5.74) is 0.490. The normalized spacial score (nSPS) is 45.2. The van der Waals surface area contributed by atoms with Gasteiger partial charge in [0.1, 0.15) is 5.44 Å². The Kier molecular flexibility index (Phi) is 4.49. The molecule has 30 heavy (non-hydrogen) atoms. The molecule has 6 heteroatoms. The molecule has 7 rings (SSSR count). The maximum atomic E-state index is 6.67. The Morgan fingerprint density at radius 3 is 2.77 bits per heavy atom. The lowest BCUT2D eigenvalue weighted by Crippen LogP contribution is -2.70. The molecule has 1 aliphatic carbocycles. The van der Waals surface area contributed by atoms with Crippen LogP contribution in [0, 0.1) is 23.7 Å². The summed E-state index contributed by atoms with van der Waals surface area (Å²) in [6.07, 6.45) is 3.84. The van der Waals surface area contributed by atoms with Gasteiger partial charge in [-0.15, -0.1) is 0 Å². The highest BCUT2D eigenvalue weighted by Crippen LogP contribution is 2.61. The van der Waals surface area contributed by atoms with Gasteiger partial charge in [0.2, 0.25) is 5.79 Å². The van der Waals surface area contributed by atoms with E-state index in [2.05, 4.69) is 38.1 Å². The van der Waals surface area contributed by atoms with Gasteiger partial charge in [-0.05, 0) is 56.1 Å². The van der Waals surface area contributed by atoms with Gasteiger partial charge in [-0.25, -0.2) is 14.8 Å². The van der Waals surface area contributed by atoms with Crippen LogP contribution in [0.15, 0.2) is 41.4 Å². The Hall–Kier alpha value is -1.18. The lowest BCUT2D eigenvalue weighted by molar-refractivity contribution is -0.568. The maximum Gasteiger partial charge on any atom is 0.201 e. The van der Waals surface area contributed by atoms with Crippen molar-refractivity contribution in [3.05, 3.63) is 36.4 Å². The van der Waals surface area contributed by atoms with E-state index >= 15 is 0 Å². The molecule has 5 aliphatic rings. The summed E-state index contributed by atoms with van der Waals surface area (Å²) in [6, 6.07) is 12.5. The van der Waals surface area contributed by atoms with Crippen LogP contribution in [0.1, 0.15) is 46.5 Å². The summed E-state index contributed by atoms with van der Waals surface area (Å²) in [7, 11) is 0. The number of rotatable bonds is 2. The quantitative estimate of drug-likeness (QED) is 0.587. The molecule has 0 N–H and O–H groups in total. The molecular formula is C24H29NO4S. The predicted molar refractivity (Wildman–Crippen MR) is 114 cm³/mol. The second-order valence-electron chi connectivity index (χ2n) is 9.73. The van der Waals surface area contributed by atoms with Crippen molar-refractivity contribution in [1.29, 1.82) is 0 Å². The van der Waals surface area contributed by atoms with E-state index in [-0.39, 0.29) is 5.44 Å². The van der Waals surface area contributed by atoms with E-state index < -0.39 is 17.7 Å². The van der Waals surface area contributed by atoms with Crippen LogP contribution in [0.2, 0.25) is 0 Å². The molecule has 2 aromatic rings. The van der Waals surface area contributed by atoms with Gasteiger partial charge < -0.3 is 9.47 Å². The molecule has 5 nitrogen and oxygen atoms in total. The van der Waals surface area contributed by atoms with Crippen LogP contribution in [-0.4, -0.2) is 28.1 Å². The van der Waals surface area contributed by atoms with Crippen molar-refractivity contribution in [3.63, 3.8) is 0 Å². The number of thioether (sulfide) groups is 1. The molecule has 5 fully saturated rings. The number of pyridine rings is 1. The summed E-state index contributed by atoms with van der Waals surface area (Å²) >= 11 is 1.71. The van der Waals surface area contributed by atoms with Crippen LogP contribution in [0.4, 0.5) is 0 Å². The first-order chi connectivity index (χ1) is 14.5. The molecule has 0 unspecified atom stereocenters. The smallest absolute Gasteiger partial charge is 0.201 e. The van der Waals surface area contributed by atoms with Crippen molar-refractivity contribution >= 4 is 22.7 Å². The molecule has 1 aromatic carbocycles. The zero-order valence-electron chi connectivity index (χ0n) is 17.7. The molecule has 5 heterocycles. The van der Waals surface area contributed by atoms with E-state index in [1.54, 1.807) is 11.8 Å². The molecule has 1 aromatic heterocycles. The van der Waals surface area contributed by atoms with Gasteiger partial charge in [0.15, 0.2) is 11.9 Å². The number of aromatic nitrogens is 1.